The number of nitrogens with one attached hydrogen (secondary N) is 1. The lowest BCUT2D eigenvalue weighted by atomic mass is 9.84. The molecular formula is C25H30N2. The first-order valence-electron chi connectivity index (χ1n) is 9.99. The Morgan fingerprint density at radius 3 is 1.78 bits per heavy atom. The zero-order valence-corrected chi connectivity index (χ0v) is 16.4. The number of aryl methyl sites for hydroxylation is 1. The maximum absolute atomic E-state index is 5.92. The van der Waals surface area contributed by atoms with Crippen LogP contribution in [0.25, 0.3) is 0 Å². The van der Waals surface area contributed by atoms with Crippen LogP contribution >= 0.6 is 0 Å². The fourth-order valence-electron chi connectivity index (χ4n) is 3.52. The molecule has 3 aromatic carbocycles. The summed E-state index contributed by atoms with van der Waals surface area (Å²) in [5.74, 6) is 0.210. The number of nitrogens with two attached hydrogens (primary N) is 1. The second-order valence-corrected chi connectivity index (χ2v) is 7.10. The molecular weight excluding hydrogens is 328 g/mol. The average molecular weight is 359 g/mol. The highest BCUT2D eigenvalue weighted by atomic mass is 14.8. The van der Waals surface area contributed by atoms with Gasteiger partial charge in [0, 0.05) is 23.8 Å². The molecule has 0 bridgehead atoms. The Morgan fingerprint density at radius 1 is 0.741 bits per heavy atom. The van der Waals surface area contributed by atoms with E-state index >= 15 is 0 Å². The molecule has 140 valence electrons. The van der Waals surface area contributed by atoms with Gasteiger partial charge in [-0.25, -0.2) is 0 Å². The van der Waals surface area contributed by atoms with E-state index in [9.17, 15) is 0 Å². The predicted molar refractivity (Wildman–Crippen MR) is 117 cm³/mol. The van der Waals surface area contributed by atoms with Crippen LogP contribution in [-0.2, 0) is 6.42 Å². The highest BCUT2D eigenvalue weighted by Gasteiger charge is 2.17. The summed E-state index contributed by atoms with van der Waals surface area (Å²) < 4.78 is 0. The van der Waals surface area contributed by atoms with Gasteiger partial charge in [-0.05, 0) is 66.3 Å². The molecule has 27 heavy (non-hydrogen) atoms. The molecule has 0 amide bonds. The molecule has 0 aliphatic carbocycles. The Balaban J connectivity index is 1.95. The lowest BCUT2D eigenvalue weighted by molar-refractivity contribution is 0.794. The lowest BCUT2D eigenvalue weighted by Crippen LogP contribution is -2.05. The molecule has 0 aliphatic heterocycles. The first-order chi connectivity index (χ1) is 13.2. The third-order valence-electron chi connectivity index (χ3n) is 5.03. The van der Waals surface area contributed by atoms with Crippen molar-refractivity contribution in [1.82, 2.24) is 0 Å². The maximum atomic E-state index is 5.92. The summed E-state index contributed by atoms with van der Waals surface area (Å²) in [7, 11) is 0. The molecule has 3 N–H and O–H groups in total. The molecule has 0 saturated carbocycles. The van der Waals surface area contributed by atoms with Crippen LogP contribution in [0.3, 0.4) is 0 Å². The first kappa shape index (κ1) is 19.0. The molecule has 1 unspecified atom stereocenters. The van der Waals surface area contributed by atoms with Gasteiger partial charge in [0.2, 0.25) is 0 Å². The number of unbranched alkanes of at least 4 members (excludes halogenated alkanes) is 1. The number of anilines is 2. The van der Waals surface area contributed by atoms with Gasteiger partial charge in [0.25, 0.3) is 0 Å². The topological polar surface area (TPSA) is 38.0 Å². The Labute approximate surface area is 163 Å². The highest BCUT2D eigenvalue weighted by Crippen LogP contribution is 2.33. The normalized spacial score (nSPS) is 11.9. The van der Waals surface area contributed by atoms with Crippen molar-refractivity contribution in [3.05, 3.63) is 95.1 Å². The summed E-state index contributed by atoms with van der Waals surface area (Å²) in [6.45, 7) is 5.29. The van der Waals surface area contributed by atoms with E-state index in [4.69, 9.17) is 5.73 Å². The van der Waals surface area contributed by atoms with E-state index in [1.54, 1.807) is 0 Å². The summed E-state index contributed by atoms with van der Waals surface area (Å²) in [5, 5.41) is 3.37. The van der Waals surface area contributed by atoms with Gasteiger partial charge in [0.1, 0.15) is 0 Å². The van der Waals surface area contributed by atoms with Crippen LogP contribution in [-0.4, -0.2) is 6.54 Å². The Hall–Kier alpha value is -2.74. The zero-order valence-electron chi connectivity index (χ0n) is 16.4. The Bertz CT molecular complexity index is 818. The monoisotopic (exact) mass is 358 g/mol. The van der Waals surface area contributed by atoms with Crippen molar-refractivity contribution >= 4 is 11.4 Å². The van der Waals surface area contributed by atoms with Crippen LogP contribution in [0.4, 0.5) is 11.4 Å². The minimum atomic E-state index is 0.210. The van der Waals surface area contributed by atoms with Gasteiger partial charge in [-0.3, -0.25) is 0 Å². The van der Waals surface area contributed by atoms with Gasteiger partial charge in [0.05, 0.1) is 0 Å². The van der Waals surface area contributed by atoms with Gasteiger partial charge >= 0.3 is 0 Å². The fraction of sp³-hybridized carbons (Fsp3) is 0.280. The van der Waals surface area contributed by atoms with E-state index in [0.717, 1.165) is 24.3 Å². The number of rotatable bonds is 8. The van der Waals surface area contributed by atoms with Gasteiger partial charge in [-0.15, -0.1) is 0 Å². The molecule has 0 heterocycles. The molecule has 0 spiro atoms. The second kappa shape index (κ2) is 9.27. The predicted octanol–water partition coefficient (Wildman–Crippen LogP) is 6.22. The first-order valence-corrected chi connectivity index (χ1v) is 9.99. The van der Waals surface area contributed by atoms with Gasteiger partial charge in [0.15, 0.2) is 0 Å². The largest absolute Gasteiger partial charge is 0.399 e. The lowest BCUT2D eigenvalue weighted by Gasteiger charge is -2.20. The van der Waals surface area contributed by atoms with Crippen molar-refractivity contribution in [2.24, 2.45) is 0 Å². The van der Waals surface area contributed by atoms with Crippen molar-refractivity contribution in [2.75, 3.05) is 17.6 Å². The number of benzene rings is 3. The fourth-order valence-corrected chi connectivity index (χ4v) is 3.52. The van der Waals surface area contributed by atoms with E-state index in [2.05, 4.69) is 79.8 Å². The van der Waals surface area contributed by atoms with Crippen LogP contribution < -0.4 is 11.1 Å². The molecule has 3 aromatic rings. The third kappa shape index (κ3) is 4.91. The molecule has 0 radical (unpaired) electrons. The number of hydrogen-bond donors (Lipinski definition) is 2. The average Bonchev–Trinajstić information content (AvgIpc) is 2.70. The molecule has 0 aliphatic rings. The van der Waals surface area contributed by atoms with Crippen LogP contribution in [0.5, 0.6) is 0 Å². The van der Waals surface area contributed by atoms with E-state index in [0.29, 0.717) is 0 Å². The third-order valence-corrected chi connectivity index (χ3v) is 5.03. The van der Waals surface area contributed by atoms with Gasteiger partial charge < -0.3 is 11.1 Å². The summed E-state index contributed by atoms with van der Waals surface area (Å²) in [6, 6.07) is 26.2. The van der Waals surface area contributed by atoms with Crippen LogP contribution in [0, 0.1) is 0 Å². The molecule has 0 fully saturated rings. The van der Waals surface area contributed by atoms with E-state index in [1.165, 1.54) is 35.1 Å². The summed E-state index contributed by atoms with van der Waals surface area (Å²) >= 11 is 0. The molecule has 3 rings (SSSR count). The van der Waals surface area contributed by atoms with Crippen molar-refractivity contribution in [1.29, 1.82) is 0 Å². The molecule has 2 heteroatoms. The maximum Gasteiger partial charge on any atom is 0.0340 e. The minimum Gasteiger partial charge on any atom is -0.399 e. The summed E-state index contributed by atoms with van der Waals surface area (Å²) in [4.78, 5) is 0. The van der Waals surface area contributed by atoms with Crippen molar-refractivity contribution in [3.8, 4) is 0 Å². The van der Waals surface area contributed by atoms with Crippen LogP contribution in [0.15, 0.2) is 72.8 Å². The SMILES string of the molecule is CCCCc1ccc(C(c2ccc(N)cc2)c2ccc(NCC)cc2)cc1. The number of hydrogen-bond acceptors (Lipinski definition) is 2. The molecule has 0 saturated heterocycles. The Morgan fingerprint density at radius 2 is 1.26 bits per heavy atom. The van der Waals surface area contributed by atoms with E-state index in [1.807, 2.05) is 12.1 Å². The van der Waals surface area contributed by atoms with Gasteiger partial charge in [-0.2, -0.15) is 0 Å². The van der Waals surface area contributed by atoms with Gasteiger partial charge in [-0.1, -0.05) is 61.9 Å². The zero-order chi connectivity index (χ0) is 19.1. The van der Waals surface area contributed by atoms with Crippen molar-refractivity contribution in [2.45, 2.75) is 39.0 Å². The molecule has 2 nitrogen and oxygen atoms in total. The smallest absolute Gasteiger partial charge is 0.0340 e. The second-order valence-electron chi connectivity index (χ2n) is 7.10. The van der Waals surface area contributed by atoms with E-state index in [-0.39, 0.29) is 5.92 Å². The van der Waals surface area contributed by atoms with Crippen LogP contribution in [0.2, 0.25) is 0 Å². The molecule has 1 atom stereocenters. The Kier molecular flexibility index (Phi) is 6.54. The minimum absolute atomic E-state index is 0.210. The molecule has 0 aromatic heterocycles. The summed E-state index contributed by atoms with van der Waals surface area (Å²) in [6.07, 6.45) is 3.63. The van der Waals surface area contributed by atoms with E-state index < -0.39 is 0 Å². The van der Waals surface area contributed by atoms with Crippen molar-refractivity contribution < 1.29 is 0 Å². The highest BCUT2D eigenvalue weighted by molar-refractivity contribution is 5.51. The standard InChI is InChI=1S/C25H30N2/c1-3-5-6-19-7-9-20(10-8-19)25(21-11-15-23(26)16-12-21)22-13-17-24(18-14-22)27-4-2/h7-18,25,27H,3-6,26H2,1-2H3. The quantitative estimate of drug-likeness (QED) is 0.370. The summed E-state index contributed by atoms with van der Waals surface area (Å²) in [5.41, 5.74) is 13.2. The van der Waals surface area contributed by atoms with Crippen LogP contribution in [0.1, 0.15) is 54.9 Å². The van der Waals surface area contributed by atoms with Crippen molar-refractivity contribution in [3.63, 3.8) is 0 Å². The number of nitrogen functional groups attached to an aromatic ring is 1.